The Balaban J connectivity index is 1.50. The van der Waals surface area contributed by atoms with Crippen molar-refractivity contribution in [1.82, 2.24) is 4.90 Å². The van der Waals surface area contributed by atoms with Crippen LogP contribution < -0.4 is 4.74 Å². The van der Waals surface area contributed by atoms with Gasteiger partial charge in [-0.3, -0.25) is 9.59 Å². The molecule has 0 radical (unpaired) electrons. The molecule has 0 atom stereocenters. The molecule has 0 spiro atoms. The number of fused-ring (bicyclic) bond motifs is 1. The van der Waals surface area contributed by atoms with Crippen molar-refractivity contribution in [2.75, 3.05) is 13.2 Å². The van der Waals surface area contributed by atoms with Gasteiger partial charge in [0, 0.05) is 19.5 Å². The van der Waals surface area contributed by atoms with Gasteiger partial charge in [-0.05, 0) is 41.7 Å². The Morgan fingerprint density at radius 3 is 2.48 bits per heavy atom. The third kappa shape index (κ3) is 4.59. The standard InChI is InChI=1S/C20H21NO4/c22-19(21-12-11-16-3-1-2-4-17(16)13-21)14-25-18-8-5-15(6-9-18)7-10-20(23)24/h1-6,8-9H,7,10-14H2,(H,23,24). The average Bonchev–Trinajstić information content (AvgIpc) is 2.64. The molecule has 1 aliphatic rings. The number of aryl methyl sites for hydroxylation is 1. The summed E-state index contributed by atoms with van der Waals surface area (Å²) in [4.78, 5) is 24.8. The third-order valence-corrected chi connectivity index (χ3v) is 4.40. The van der Waals surface area contributed by atoms with E-state index in [0.29, 0.717) is 25.3 Å². The van der Waals surface area contributed by atoms with Crippen LogP contribution in [0.15, 0.2) is 48.5 Å². The van der Waals surface area contributed by atoms with Gasteiger partial charge in [0.1, 0.15) is 5.75 Å². The molecule has 0 unspecified atom stereocenters. The monoisotopic (exact) mass is 339 g/mol. The minimum atomic E-state index is -0.811. The third-order valence-electron chi connectivity index (χ3n) is 4.40. The van der Waals surface area contributed by atoms with Crippen molar-refractivity contribution in [2.24, 2.45) is 0 Å². The van der Waals surface area contributed by atoms with E-state index in [1.54, 1.807) is 12.1 Å². The van der Waals surface area contributed by atoms with E-state index in [9.17, 15) is 9.59 Å². The fraction of sp³-hybridized carbons (Fsp3) is 0.300. The zero-order valence-electron chi connectivity index (χ0n) is 14.0. The summed E-state index contributed by atoms with van der Waals surface area (Å²) in [7, 11) is 0. The van der Waals surface area contributed by atoms with E-state index in [-0.39, 0.29) is 18.9 Å². The summed E-state index contributed by atoms with van der Waals surface area (Å²) in [5.74, 6) is -0.219. The Morgan fingerprint density at radius 2 is 1.76 bits per heavy atom. The van der Waals surface area contributed by atoms with Crippen LogP contribution in [-0.4, -0.2) is 35.0 Å². The van der Waals surface area contributed by atoms with Crippen molar-refractivity contribution in [1.29, 1.82) is 0 Å². The van der Waals surface area contributed by atoms with Crippen LogP contribution in [0.5, 0.6) is 5.75 Å². The van der Waals surface area contributed by atoms with E-state index >= 15 is 0 Å². The van der Waals surface area contributed by atoms with Crippen LogP contribution in [-0.2, 0) is 29.0 Å². The van der Waals surface area contributed by atoms with Crippen LogP contribution in [0.25, 0.3) is 0 Å². The quantitative estimate of drug-likeness (QED) is 0.879. The Kier molecular flexibility index (Phi) is 5.33. The van der Waals surface area contributed by atoms with Crippen LogP contribution in [0.4, 0.5) is 0 Å². The summed E-state index contributed by atoms with van der Waals surface area (Å²) in [6.45, 7) is 1.36. The van der Waals surface area contributed by atoms with Crippen molar-refractivity contribution in [3.05, 3.63) is 65.2 Å². The Bertz CT molecular complexity index is 755. The fourth-order valence-electron chi connectivity index (χ4n) is 2.95. The maximum Gasteiger partial charge on any atom is 0.303 e. The first kappa shape index (κ1) is 17.0. The van der Waals surface area contributed by atoms with Crippen LogP contribution >= 0.6 is 0 Å². The summed E-state index contributed by atoms with van der Waals surface area (Å²) >= 11 is 0. The second-order valence-electron chi connectivity index (χ2n) is 6.16. The lowest BCUT2D eigenvalue weighted by molar-refractivity contribution is -0.137. The van der Waals surface area contributed by atoms with Gasteiger partial charge in [0.2, 0.25) is 0 Å². The zero-order chi connectivity index (χ0) is 17.6. The van der Waals surface area contributed by atoms with E-state index in [1.165, 1.54) is 11.1 Å². The van der Waals surface area contributed by atoms with Crippen molar-refractivity contribution in [3.63, 3.8) is 0 Å². The van der Waals surface area contributed by atoms with Gasteiger partial charge in [-0.1, -0.05) is 36.4 Å². The van der Waals surface area contributed by atoms with Gasteiger partial charge in [0.05, 0.1) is 0 Å². The number of carboxylic acid groups (broad SMARTS) is 1. The molecule has 0 saturated carbocycles. The highest BCUT2D eigenvalue weighted by Gasteiger charge is 2.20. The van der Waals surface area contributed by atoms with E-state index in [0.717, 1.165) is 12.0 Å². The zero-order valence-corrected chi connectivity index (χ0v) is 14.0. The minimum absolute atomic E-state index is 0.0106. The number of nitrogens with zero attached hydrogens (tertiary/aromatic N) is 1. The summed E-state index contributed by atoms with van der Waals surface area (Å²) in [5.41, 5.74) is 3.45. The summed E-state index contributed by atoms with van der Waals surface area (Å²) in [5, 5.41) is 8.69. The van der Waals surface area contributed by atoms with E-state index in [4.69, 9.17) is 9.84 Å². The number of ether oxygens (including phenoxy) is 1. The number of hydrogen-bond acceptors (Lipinski definition) is 3. The molecule has 0 bridgehead atoms. The molecule has 2 aromatic carbocycles. The van der Waals surface area contributed by atoms with Crippen molar-refractivity contribution < 1.29 is 19.4 Å². The molecule has 0 aromatic heterocycles. The van der Waals surface area contributed by atoms with Crippen LogP contribution in [0.3, 0.4) is 0 Å². The number of carboxylic acids is 1. The lowest BCUT2D eigenvalue weighted by Gasteiger charge is -2.28. The van der Waals surface area contributed by atoms with Crippen LogP contribution in [0.1, 0.15) is 23.1 Å². The second kappa shape index (κ2) is 7.83. The highest BCUT2D eigenvalue weighted by Crippen LogP contribution is 2.19. The van der Waals surface area contributed by atoms with E-state index < -0.39 is 5.97 Å². The minimum Gasteiger partial charge on any atom is -0.484 e. The maximum absolute atomic E-state index is 12.4. The molecular weight excluding hydrogens is 318 g/mol. The lowest BCUT2D eigenvalue weighted by atomic mass is 10.00. The predicted molar refractivity (Wildman–Crippen MR) is 93.5 cm³/mol. The maximum atomic E-state index is 12.4. The largest absolute Gasteiger partial charge is 0.484 e. The highest BCUT2D eigenvalue weighted by atomic mass is 16.5. The van der Waals surface area contributed by atoms with Gasteiger partial charge in [0.15, 0.2) is 6.61 Å². The Labute approximate surface area is 146 Å². The van der Waals surface area contributed by atoms with Gasteiger partial charge in [-0.15, -0.1) is 0 Å². The molecule has 2 aromatic rings. The number of carbonyl (C=O) groups is 2. The molecule has 1 heterocycles. The summed E-state index contributed by atoms with van der Waals surface area (Å²) in [6.07, 6.45) is 1.47. The first-order valence-electron chi connectivity index (χ1n) is 8.40. The molecule has 0 aliphatic carbocycles. The molecule has 0 fully saturated rings. The summed E-state index contributed by atoms with van der Waals surface area (Å²) < 4.78 is 5.58. The Hall–Kier alpha value is -2.82. The molecule has 5 heteroatoms. The van der Waals surface area contributed by atoms with Crippen molar-refractivity contribution >= 4 is 11.9 Å². The number of rotatable bonds is 6. The van der Waals surface area contributed by atoms with E-state index in [2.05, 4.69) is 12.1 Å². The molecule has 1 aliphatic heterocycles. The number of hydrogen-bond donors (Lipinski definition) is 1. The molecule has 0 saturated heterocycles. The highest BCUT2D eigenvalue weighted by molar-refractivity contribution is 5.78. The molecule has 130 valence electrons. The lowest BCUT2D eigenvalue weighted by Crippen LogP contribution is -2.38. The number of aliphatic carboxylic acids is 1. The first-order chi connectivity index (χ1) is 12.1. The average molecular weight is 339 g/mol. The number of amides is 1. The Morgan fingerprint density at radius 1 is 1.04 bits per heavy atom. The molecule has 1 N–H and O–H groups in total. The van der Waals surface area contributed by atoms with Crippen LogP contribution in [0.2, 0.25) is 0 Å². The number of benzene rings is 2. The van der Waals surface area contributed by atoms with Gasteiger partial charge >= 0.3 is 5.97 Å². The normalized spacial score (nSPS) is 13.2. The SMILES string of the molecule is O=C(O)CCc1ccc(OCC(=O)N2CCc3ccccc3C2)cc1. The molecule has 5 nitrogen and oxygen atoms in total. The first-order valence-corrected chi connectivity index (χ1v) is 8.40. The second-order valence-corrected chi connectivity index (χ2v) is 6.16. The van der Waals surface area contributed by atoms with Crippen molar-refractivity contribution in [2.45, 2.75) is 25.8 Å². The van der Waals surface area contributed by atoms with Gasteiger partial charge in [-0.25, -0.2) is 0 Å². The molecule has 1 amide bonds. The van der Waals surface area contributed by atoms with E-state index in [1.807, 2.05) is 29.2 Å². The molecule has 25 heavy (non-hydrogen) atoms. The fourth-order valence-corrected chi connectivity index (χ4v) is 2.95. The van der Waals surface area contributed by atoms with Crippen molar-refractivity contribution in [3.8, 4) is 5.75 Å². The number of carbonyl (C=O) groups excluding carboxylic acids is 1. The van der Waals surface area contributed by atoms with Gasteiger partial charge in [-0.2, -0.15) is 0 Å². The van der Waals surface area contributed by atoms with Gasteiger partial charge < -0.3 is 14.7 Å². The van der Waals surface area contributed by atoms with Crippen LogP contribution in [0, 0.1) is 0 Å². The predicted octanol–water partition coefficient (Wildman–Crippen LogP) is 2.67. The summed E-state index contributed by atoms with van der Waals surface area (Å²) in [6, 6.07) is 15.4. The molecular formula is C20H21NO4. The van der Waals surface area contributed by atoms with Gasteiger partial charge in [0.25, 0.3) is 5.91 Å². The smallest absolute Gasteiger partial charge is 0.303 e. The molecule has 3 rings (SSSR count). The topological polar surface area (TPSA) is 66.8 Å².